The third-order valence-corrected chi connectivity index (χ3v) is 6.05. The summed E-state index contributed by atoms with van der Waals surface area (Å²) in [4.78, 5) is 21.3. The first-order chi connectivity index (χ1) is 17.5. The molecule has 10 nitrogen and oxygen atoms in total. The van der Waals surface area contributed by atoms with Gasteiger partial charge < -0.3 is 19.8 Å². The number of aryl methyl sites for hydroxylation is 3. The Balaban J connectivity index is 1.71. The van der Waals surface area contributed by atoms with Crippen LogP contribution in [0.1, 0.15) is 27.0 Å². The average molecular weight is 521 g/mol. The SMILES string of the molecule is Cc1cc(C)c(Oc2nc(-c3ccc(O)cc3)ccc2C(=O)NS(=O)(=O)Oc2cccc(N)n2)c(C)c1. The van der Waals surface area contributed by atoms with E-state index in [1.165, 1.54) is 42.5 Å². The molecule has 190 valence electrons. The van der Waals surface area contributed by atoms with Gasteiger partial charge in [0.15, 0.2) is 0 Å². The molecule has 0 saturated carbocycles. The number of amides is 1. The molecule has 0 aliphatic rings. The maximum absolute atomic E-state index is 13.1. The van der Waals surface area contributed by atoms with E-state index >= 15 is 0 Å². The number of rotatable bonds is 7. The standard InChI is InChI=1S/C26H24N4O6S/c1-15-13-16(2)24(17(3)14-15)35-26-20(11-12-21(28-26)18-7-9-19(31)10-8-18)25(32)30-37(33,34)36-23-6-4-5-22(27)29-23/h4-14,31H,1-3H3,(H2,27,29)(H,30,32). The zero-order chi connectivity index (χ0) is 26.7. The van der Waals surface area contributed by atoms with Crippen molar-refractivity contribution in [2.75, 3.05) is 5.73 Å². The van der Waals surface area contributed by atoms with Crippen LogP contribution in [0, 0.1) is 20.8 Å². The molecule has 0 spiro atoms. The Morgan fingerprint density at radius 3 is 2.27 bits per heavy atom. The Morgan fingerprint density at radius 2 is 1.62 bits per heavy atom. The minimum absolute atomic E-state index is 0.0487. The maximum Gasteiger partial charge on any atom is 0.411 e. The van der Waals surface area contributed by atoms with Crippen molar-refractivity contribution in [3.8, 4) is 34.5 Å². The predicted octanol–water partition coefficient (Wildman–Crippen LogP) is 4.20. The largest absolute Gasteiger partial charge is 0.508 e. The van der Waals surface area contributed by atoms with Crippen molar-refractivity contribution < 1.29 is 27.2 Å². The molecule has 4 N–H and O–H groups in total. The zero-order valence-electron chi connectivity index (χ0n) is 20.2. The van der Waals surface area contributed by atoms with Crippen LogP contribution in [-0.4, -0.2) is 29.4 Å². The Labute approximate surface area is 214 Å². The van der Waals surface area contributed by atoms with E-state index in [0.29, 0.717) is 17.0 Å². The molecule has 0 aliphatic heterocycles. The predicted molar refractivity (Wildman–Crippen MR) is 138 cm³/mol. The van der Waals surface area contributed by atoms with E-state index in [-0.39, 0.29) is 28.9 Å². The molecule has 0 radical (unpaired) electrons. The Hall–Kier alpha value is -4.64. The Bertz CT molecular complexity index is 1560. The number of phenolic OH excluding ortho intramolecular Hbond substituents is 1. The summed E-state index contributed by atoms with van der Waals surface area (Å²) in [6.07, 6.45) is 0. The van der Waals surface area contributed by atoms with Crippen molar-refractivity contribution in [1.82, 2.24) is 14.7 Å². The molecule has 0 bridgehead atoms. The summed E-state index contributed by atoms with van der Waals surface area (Å²) in [5.41, 5.74) is 9.15. The van der Waals surface area contributed by atoms with E-state index in [0.717, 1.165) is 16.7 Å². The lowest BCUT2D eigenvalue weighted by Gasteiger charge is -2.16. The van der Waals surface area contributed by atoms with Gasteiger partial charge in [-0.2, -0.15) is 13.4 Å². The van der Waals surface area contributed by atoms with Gasteiger partial charge in [-0.1, -0.05) is 23.8 Å². The lowest BCUT2D eigenvalue weighted by atomic mass is 10.1. The average Bonchev–Trinajstić information content (AvgIpc) is 2.81. The minimum atomic E-state index is -4.61. The second kappa shape index (κ2) is 10.2. The highest BCUT2D eigenvalue weighted by molar-refractivity contribution is 7.85. The summed E-state index contributed by atoms with van der Waals surface area (Å²) in [5, 5.41) is 9.60. The van der Waals surface area contributed by atoms with Crippen molar-refractivity contribution >= 4 is 22.0 Å². The summed E-state index contributed by atoms with van der Waals surface area (Å²) in [6.45, 7) is 5.66. The maximum atomic E-state index is 13.1. The number of hydrogen-bond donors (Lipinski definition) is 3. The number of aromatic hydroxyl groups is 1. The molecule has 0 unspecified atom stereocenters. The molecule has 1 amide bonds. The topological polar surface area (TPSA) is 154 Å². The number of hydrogen-bond acceptors (Lipinski definition) is 9. The highest BCUT2D eigenvalue weighted by Gasteiger charge is 2.24. The highest BCUT2D eigenvalue weighted by Crippen LogP contribution is 2.33. The van der Waals surface area contributed by atoms with Crippen LogP contribution in [0.5, 0.6) is 23.3 Å². The number of carbonyl (C=O) groups excluding carboxylic acids is 1. The van der Waals surface area contributed by atoms with Crippen LogP contribution < -0.4 is 19.4 Å². The molecular weight excluding hydrogens is 496 g/mol. The molecule has 2 heterocycles. The zero-order valence-corrected chi connectivity index (χ0v) is 21.0. The fourth-order valence-corrected chi connectivity index (χ4v) is 4.38. The van der Waals surface area contributed by atoms with Crippen molar-refractivity contribution in [2.45, 2.75) is 20.8 Å². The molecule has 2 aromatic heterocycles. The van der Waals surface area contributed by atoms with Gasteiger partial charge in [0.05, 0.1) is 5.69 Å². The first kappa shape index (κ1) is 25.5. The summed E-state index contributed by atoms with van der Waals surface area (Å²) in [7, 11) is -4.61. The Morgan fingerprint density at radius 1 is 0.946 bits per heavy atom. The lowest BCUT2D eigenvalue weighted by Crippen LogP contribution is -2.34. The van der Waals surface area contributed by atoms with Crippen LogP contribution in [0.25, 0.3) is 11.3 Å². The van der Waals surface area contributed by atoms with E-state index in [2.05, 4.69) is 9.97 Å². The van der Waals surface area contributed by atoms with Gasteiger partial charge in [-0.05, 0) is 74.4 Å². The number of carbonyl (C=O) groups is 1. The third-order valence-electron chi connectivity index (χ3n) is 5.23. The van der Waals surface area contributed by atoms with Crippen molar-refractivity contribution in [2.24, 2.45) is 0 Å². The van der Waals surface area contributed by atoms with Crippen LogP contribution >= 0.6 is 0 Å². The number of anilines is 1. The van der Waals surface area contributed by atoms with Crippen molar-refractivity contribution in [1.29, 1.82) is 0 Å². The number of nitrogens with two attached hydrogens (primary N) is 1. The van der Waals surface area contributed by atoms with Gasteiger partial charge >= 0.3 is 10.3 Å². The van der Waals surface area contributed by atoms with E-state index in [1.54, 1.807) is 12.1 Å². The van der Waals surface area contributed by atoms with E-state index in [4.69, 9.17) is 14.7 Å². The quantitative estimate of drug-likeness (QED) is 0.325. The minimum Gasteiger partial charge on any atom is -0.508 e. The van der Waals surface area contributed by atoms with E-state index in [1.807, 2.05) is 37.6 Å². The molecule has 4 aromatic rings. The van der Waals surface area contributed by atoms with Crippen LogP contribution in [0.4, 0.5) is 5.82 Å². The number of ether oxygens (including phenoxy) is 1. The van der Waals surface area contributed by atoms with Crippen LogP contribution in [-0.2, 0) is 10.3 Å². The van der Waals surface area contributed by atoms with Crippen LogP contribution in [0.15, 0.2) is 66.7 Å². The molecule has 0 fully saturated rings. The van der Waals surface area contributed by atoms with E-state index in [9.17, 15) is 18.3 Å². The monoisotopic (exact) mass is 520 g/mol. The number of nitrogens with zero attached hydrogens (tertiary/aromatic N) is 2. The summed E-state index contributed by atoms with van der Waals surface area (Å²) in [6, 6.07) is 17.3. The molecule has 0 atom stereocenters. The summed E-state index contributed by atoms with van der Waals surface area (Å²) < 4.78 is 37.8. The number of nitrogen functional groups attached to an aromatic ring is 1. The number of aromatic nitrogens is 2. The summed E-state index contributed by atoms with van der Waals surface area (Å²) >= 11 is 0. The van der Waals surface area contributed by atoms with Crippen molar-refractivity contribution in [3.05, 3.63) is 89.0 Å². The normalized spacial score (nSPS) is 11.1. The van der Waals surface area contributed by atoms with Crippen LogP contribution in [0.3, 0.4) is 0 Å². The fourth-order valence-electron chi connectivity index (χ4n) is 3.69. The second-order valence-electron chi connectivity index (χ2n) is 8.30. The molecule has 37 heavy (non-hydrogen) atoms. The van der Waals surface area contributed by atoms with E-state index < -0.39 is 16.2 Å². The lowest BCUT2D eigenvalue weighted by molar-refractivity contribution is 0.0976. The second-order valence-corrected chi connectivity index (χ2v) is 9.57. The van der Waals surface area contributed by atoms with Gasteiger partial charge in [-0.25, -0.2) is 9.71 Å². The van der Waals surface area contributed by atoms with Gasteiger partial charge in [0.25, 0.3) is 5.91 Å². The first-order valence-electron chi connectivity index (χ1n) is 11.1. The molecular formula is C26H24N4O6S. The third kappa shape index (κ3) is 6.14. The smallest absolute Gasteiger partial charge is 0.411 e. The molecule has 11 heteroatoms. The van der Waals surface area contributed by atoms with Gasteiger partial charge in [0.1, 0.15) is 22.9 Å². The molecule has 2 aromatic carbocycles. The van der Waals surface area contributed by atoms with Gasteiger partial charge in [0, 0.05) is 11.6 Å². The number of phenols is 1. The molecule has 4 rings (SSSR count). The first-order valence-corrected chi connectivity index (χ1v) is 12.5. The number of pyridine rings is 2. The van der Waals surface area contributed by atoms with Gasteiger partial charge in [-0.15, -0.1) is 0 Å². The molecule has 0 saturated heterocycles. The summed E-state index contributed by atoms with van der Waals surface area (Å²) in [5.74, 6) is -0.822. The van der Waals surface area contributed by atoms with Gasteiger partial charge in [-0.3, -0.25) is 4.79 Å². The number of nitrogens with one attached hydrogen (secondary N) is 1. The molecule has 0 aliphatic carbocycles. The number of benzene rings is 2. The van der Waals surface area contributed by atoms with Crippen molar-refractivity contribution in [3.63, 3.8) is 0 Å². The highest BCUT2D eigenvalue weighted by atomic mass is 32.2. The van der Waals surface area contributed by atoms with Gasteiger partial charge in [0.2, 0.25) is 11.8 Å². The van der Waals surface area contributed by atoms with Crippen LogP contribution in [0.2, 0.25) is 0 Å². The fraction of sp³-hybridized carbons (Fsp3) is 0.115. The Kier molecular flexibility index (Phi) is 6.98.